The average molecular weight is 323 g/mol. The molecule has 0 aliphatic rings. The van der Waals surface area contributed by atoms with E-state index >= 15 is 0 Å². The van der Waals surface area contributed by atoms with E-state index in [1.807, 2.05) is 31.2 Å². The zero-order valence-electron chi connectivity index (χ0n) is 11.6. The summed E-state index contributed by atoms with van der Waals surface area (Å²) in [6.45, 7) is 2.56. The lowest BCUT2D eigenvalue weighted by Crippen LogP contribution is -2.17. The molecule has 0 unspecified atom stereocenters. The predicted octanol–water partition coefficient (Wildman–Crippen LogP) is 4.74. The van der Waals surface area contributed by atoms with Crippen LogP contribution >= 0.6 is 23.2 Å². The first kappa shape index (κ1) is 15.7. The summed E-state index contributed by atoms with van der Waals surface area (Å²) in [5.74, 6) is -0.133. The van der Waals surface area contributed by atoms with Gasteiger partial charge in [0.1, 0.15) is 0 Å². The van der Waals surface area contributed by atoms with Gasteiger partial charge in [0.15, 0.2) is 0 Å². The summed E-state index contributed by atoms with van der Waals surface area (Å²) in [4.78, 5) is 11.9. The van der Waals surface area contributed by atoms with E-state index in [2.05, 4.69) is 10.6 Å². The number of rotatable bonds is 5. The fourth-order valence-corrected chi connectivity index (χ4v) is 2.39. The topological polar surface area (TPSA) is 41.1 Å². The molecule has 0 saturated heterocycles. The van der Waals surface area contributed by atoms with Crippen LogP contribution in [0.4, 0.5) is 11.4 Å². The van der Waals surface area contributed by atoms with Gasteiger partial charge in [-0.05, 0) is 30.7 Å². The first-order valence-corrected chi connectivity index (χ1v) is 7.37. The second-order valence-corrected chi connectivity index (χ2v) is 5.45. The van der Waals surface area contributed by atoms with Crippen molar-refractivity contribution in [1.29, 1.82) is 0 Å². The Labute approximate surface area is 134 Å². The second kappa shape index (κ2) is 7.34. The summed E-state index contributed by atoms with van der Waals surface area (Å²) < 4.78 is 0. The van der Waals surface area contributed by atoms with Gasteiger partial charge >= 0.3 is 0 Å². The van der Waals surface area contributed by atoms with Gasteiger partial charge < -0.3 is 10.6 Å². The molecule has 0 aliphatic carbocycles. The maximum absolute atomic E-state index is 11.9. The van der Waals surface area contributed by atoms with Crippen LogP contribution in [0.1, 0.15) is 12.0 Å². The maximum Gasteiger partial charge on any atom is 0.226 e. The van der Waals surface area contributed by atoms with Gasteiger partial charge in [0.2, 0.25) is 5.91 Å². The van der Waals surface area contributed by atoms with Crippen molar-refractivity contribution in [2.75, 3.05) is 17.2 Å². The second-order valence-electron chi connectivity index (χ2n) is 4.64. The fraction of sp³-hybridized carbons (Fsp3) is 0.188. The van der Waals surface area contributed by atoms with Gasteiger partial charge in [-0.15, -0.1) is 0 Å². The van der Waals surface area contributed by atoms with E-state index in [0.717, 1.165) is 11.3 Å². The number of aryl methyl sites for hydroxylation is 1. The average Bonchev–Trinajstić information content (AvgIpc) is 2.45. The molecule has 2 N–H and O–H groups in total. The molecule has 2 aromatic rings. The molecule has 5 heteroatoms. The predicted molar refractivity (Wildman–Crippen MR) is 89.4 cm³/mol. The summed E-state index contributed by atoms with van der Waals surface area (Å²) in [6, 6.07) is 13.1. The van der Waals surface area contributed by atoms with Gasteiger partial charge in [0, 0.05) is 18.7 Å². The Bertz CT molecular complexity index is 624. The molecule has 110 valence electrons. The Morgan fingerprint density at radius 1 is 1.05 bits per heavy atom. The smallest absolute Gasteiger partial charge is 0.226 e. The molecule has 0 radical (unpaired) electrons. The maximum atomic E-state index is 11.9. The van der Waals surface area contributed by atoms with Gasteiger partial charge in [-0.3, -0.25) is 4.79 Å². The summed E-state index contributed by atoms with van der Waals surface area (Å²) in [6.07, 6.45) is 0.329. The Kier molecular flexibility index (Phi) is 5.48. The summed E-state index contributed by atoms with van der Waals surface area (Å²) in [5.41, 5.74) is 2.63. The molecular formula is C16H16Cl2N2O. The lowest BCUT2D eigenvalue weighted by molar-refractivity contribution is -0.115. The number of carbonyl (C=O) groups is 1. The van der Waals surface area contributed by atoms with E-state index in [1.54, 1.807) is 18.2 Å². The largest absolute Gasteiger partial charge is 0.384 e. The van der Waals surface area contributed by atoms with Crippen LogP contribution in [0.15, 0.2) is 42.5 Å². The number of benzene rings is 2. The number of carbonyl (C=O) groups excluding carboxylic acids is 1. The molecule has 0 atom stereocenters. The van der Waals surface area contributed by atoms with Crippen molar-refractivity contribution >= 4 is 40.5 Å². The summed E-state index contributed by atoms with van der Waals surface area (Å²) in [7, 11) is 0. The van der Waals surface area contributed by atoms with E-state index in [4.69, 9.17) is 23.2 Å². The highest BCUT2D eigenvalue weighted by Gasteiger charge is 2.09. The molecule has 0 bridgehead atoms. The number of nitrogens with one attached hydrogen (secondary N) is 2. The van der Waals surface area contributed by atoms with Crippen LogP contribution in [0.5, 0.6) is 0 Å². The molecule has 0 aromatic heterocycles. The molecule has 1 amide bonds. The molecule has 0 fully saturated rings. The molecule has 3 nitrogen and oxygen atoms in total. The fourth-order valence-electron chi connectivity index (χ4n) is 1.90. The van der Waals surface area contributed by atoms with E-state index in [9.17, 15) is 4.79 Å². The first-order valence-electron chi connectivity index (χ1n) is 6.61. The number of anilines is 2. The number of halogens is 2. The van der Waals surface area contributed by atoms with E-state index in [-0.39, 0.29) is 5.91 Å². The van der Waals surface area contributed by atoms with Crippen molar-refractivity contribution in [3.8, 4) is 0 Å². The van der Waals surface area contributed by atoms with Crippen molar-refractivity contribution in [2.45, 2.75) is 13.3 Å². The lowest BCUT2D eigenvalue weighted by Gasteiger charge is -2.11. The minimum Gasteiger partial charge on any atom is -0.384 e. The molecule has 2 rings (SSSR count). The van der Waals surface area contributed by atoms with Crippen molar-refractivity contribution in [3.63, 3.8) is 0 Å². The molecule has 0 aliphatic heterocycles. The van der Waals surface area contributed by atoms with Crippen LogP contribution in [-0.4, -0.2) is 12.5 Å². The van der Waals surface area contributed by atoms with Crippen molar-refractivity contribution in [3.05, 3.63) is 58.1 Å². The molecule has 0 saturated carbocycles. The molecule has 0 heterocycles. The van der Waals surface area contributed by atoms with Crippen molar-refractivity contribution in [1.82, 2.24) is 0 Å². The highest BCUT2D eigenvalue weighted by atomic mass is 35.5. The van der Waals surface area contributed by atoms with Gasteiger partial charge in [0.05, 0.1) is 15.7 Å². The Morgan fingerprint density at radius 2 is 1.71 bits per heavy atom. The number of amides is 1. The monoisotopic (exact) mass is 322 g/mol. The van der Waals surface area contributed by atoms with Crippen LogP contribution in [0.3, 0.4) is 0 Å². The van der Waals surface area contributed by atoms with Crippen molar-refractivity contribution in [2.24, 2.45) is 0 Å². The molecular weight excluding hydrogens is 307 g/mol. The zero-order chi connectivity index (χ0) is 15.2. The van der Waals surface area contributed by atoms with Gasteiger partial charge in [0.25, 0.3) is 0 Å². The van der Waals surface area contributed by atoms with Crippen LogP contribution in [-0.2, 0) is 4.79 Å². The zero-order valence-corrected chi connectivity index (χ0v) is 13.1. The van der Waals surface area contributed by atoms with Gasteiger partial charge in [-0.2, -0.15) is 0 Å². The summed E-state index contributed by atoms with van der Waals surface area (Å²) >= 11 is 12.0. The van der Waals surface area contributed by atoms with Crippen molar-refractivity contribution < 1.29 is 4.79 Å². The van der Waals surface area contributed by atoms with Crippen LogP contribution in [0, 0.1) is 6.92 Å². The molecule has 0 spiro atoms. The van der Waals surface area contributed by atoms with E-state index in [1.165, 1.54) is 0 Å². The molecule has 21 heavy (non-hydrogen) atoms. The minimum absolute atomic E-state index is 0.133. The first-order chi connectivity index (χ1) is 10.1. The van der Waals surface area contributed by atoms with Crippen LogP contribution in [0.25, 0.3) is 0 Å². The SMILES string of the molecule is Cc1ccccc1NCCC(=O)Nc1c(Cl)cccc1Cl. The van der Waals surface area contributed by atoms with E-state index < -0.39 is 0 Å². The minimum atomic E-state index is -0.133. The molecule has 2 aromatic carbocycles. The third-order valence-corrected chi connectivity index (χ3v) is 3.67. The Morgan fingerprint density at radius 3 is 2.38 bits per heavy atom. The normalized spacial score (nSPS) is 10.2. The Balaban J connectivity index is 1.87. The summed E-state index contributed by atoms with van der Waals surface area (Å²) in [5, 5.41) is 6.83. The highest BCUT2D eigenvalue weighted by molar-refractivity contribution is 6.39. The number of para-hydroxylation sites is 2. The lowest BCUT2D eigenvalue weighted by atomic mass is 10.2. The van der Waals surface area contributed by atoms with Crippen LogP contribution < -0.4 is 10.6 Å². The Hall–Kier alpha value is -1.71. The quantitative estimate of drug-likeness (QED) is 0.834. The third-order valence-electron chi connectivity index (χ3n) is 3.04. The van der Waals surface area contributed by atoms with Gasteiger partial charge in [-0.1, -0.05) is 47.5 Å². The van der Waals surface area contributed by atoms with Crippen LogP contribution in [0.2, 0.25) is 10.0 Å². The van der Waals surface area contributed by atoms with Gasteiger partial charge in [-0.25, -0.2) is 0 Å². The number of hydrogen-bond donors (Lipinski definition) is 2. The third kappa shape index (κ3) is 4.38. The number of hydrogen-bond acceptors (Lipinski definition) is 2. The standard InChI is InChI=1S/C16H16Cl2N2O/c1-11-5-2-3-8-14(11)19-10-9-15(21)20-16-12(17)6-4-7-13(16)18/h2-8,19H,9-10H2,1H3,(H,20,21). The van der Waals surface area contributed by atoms with E-state index in [0.29, 0.717) is 28.7 Å². The highest BCUT2D eigenvalue weighted by Crippen LogP contribution is 2.29.